The lowest BCUT2D eigenvalue weighted by molar-refractivity contribution is -0.111. The van der Waals surface area contributed by atoms with Crippen LogP contribution in [0.5, 0.6) is 11.5 Å². The predicted octanol–water partition coefficient (Wildman–Crippen LogP) is 2.90. The molecule has 2 N–H and O–H groups in total. The fourth-order valence-corrected chi connectivity index (χ4v) is 2.93. The van der Waals surface area contributed by atoms with E-state index >= 15 is 0 Å². The molecule has 0 unspecified atom stereocenters. The van der Waals surface area contributed by atoms with Crippen LogP contribution in [0.3, 0.4) is 0 Å². The molecule has 0 fully saturated rings. The Morgan fingerprint density at radius 3 is 2.59 bits per heavy atom. The Hall–Kier alpha value is -4.14. The Kier molecular flexibility index (Phi) is 7.58. The highest BCUT2D eigenvalue weighted by Gasteiger charge is 2.13. The molecule has 3 aromatic rings. The number of aryl methyl sites for hydroxylation is 1. The molecule has 0 aliphatic carbocycles. The smallest absolute Gasteiger partial charge is 0.253 e. The first kappa shape index (κ1) is 22.5. The van der Waals surface area contributed by atoms with Crippen molar-refractivity contribution in [3.63, 3.8) is 0 Å². The van der Waals surface area contributed by atoms with Crippen molar-refractivity contribution in [1.29, 1.82) is 0 Å². The summed E-state index contributed by atoms with van der Waals surface area (Å²) in [7, 11) is 3.11. The van der Waals surface area contributed by atoms with E-state index in [1.807, 2.05) is 6.92 Å². The molecule has 0 aliphatic heterocycles. The second kappa shape index (κ2) is 10.8. The quantitative estimate of drug-likeness (QED) is 0.501. The molecule has 9 heteroatoms. The first-order valence-corrected chi connectivity index (χ1v) is 10.0. The zero-order valence-electron chi connectivity index (χ0n) is 18.2. The highest BCUT2D eigenvalue weighted by molar-refractivity contribution is 6.07. The number of ether oxygens (including phenoxy) is 2. The number of aromatic nitrogens is 3. The van der Waals surface area contributed by atoms with Gasteiger partial charge in [0.25, 0.3) is 5.91 Å². The molecule has 32 heavy (non-hydrogen) atoms. The van der Waals surface area contributed by atoms with Gasteiger partial charge in [-0.25, -0.2) is 0 Å². The third-order valence-electron chi connectivity index (χ3n) is 4.60. The molecule has 0 atom stereocenters. The van der Waals surface area contributed by atoms with Crippen LogP contribution in [0, 0.1) is 0 Å². The SMILES string of the molecule is CCn1cc(CNC(=O)c2ccccc2NC(=O)/C=C/c2ccc(OC)c(OC)c2)nn1. The molecule has 1 aromatic heterocycles. The Balaban J connectivity index is 1.65. The number of amides is 2. The summed E-state index contributed by atoms with van der Waals surface area (Å²) in [4.78, 5) is 25.1. The molecule has 3 rings (SSSR count). The fourth-order valence-electron chi connectivity index (χ4n) is 2.93. The van der Waals surface area contributed by atoms with Gasteiger partial charge in [-0.1, -0.05) is 23.4 Å². The summed E-state index contributed by atoms with van der Waals surface area (Å²) in [5.74, 6) is 0.476. The van der Waals surface area contributed by atoms with Gasteiger partial charge >= 0.3 is 0 Å². The Bertz CT molecular complexity index is 1120. The zero-order valence-corrected chi connectivity index (χ0v) is 18.2. The van der Waals surface area contributed by atoms with Crippen LogP contribution >= 0.6 is 0 Å². The van der Waals surface area contributed by atoms with Gasteiger partial charge < -0.3 is 20.1 Å². The average molecular weight is 435 g/mol. The summed E-state index contributed by atoms with van der Waals surface area (Å²) < 4.78 is 12.2. The molecular formula is C23H25N5O4. The number of carbonyl (C=O) groups excluding carboxylic acids is 2. The van der Waals surface area contributed by atoms with Crippen LogP contribution in [0.2, 0.25) is 0 Å². The third-order valence-corrected chi connectivity index (χ3v) is 4.60. The predicted molar refractivity (Wildman–Crippen MR) is 121 cm³/mol. The molecular weight excluding hydrogens is 410 g/mol. The summed E-state index contributed by atoms with van der Waals surface area (Å²) in [6, 6.07) is 12.1. The van der Waals surface area contributed by atoms with Crippen LogP contribution in [0.1, 0.15) is 28.5 Å². The standard InChI is InChI=1S/C23H25N5O4/c1-4-28-15-17(26-27-28)14-24-23(30)18-7-5-6-8-19(18)25-22(29)12-10-16-9-11-20(31-2)21(13-16)32-3/h5-13,15H,4,14H2,1-3H3,(H,24,30)(H,25,29)/b12-10+. The highest BCUT2D eigenvalue weighted by Crippen LogP contribution is 2.28. The van der Waals surface area contributed by atoms with Gasteiger partial charge in [0.2, 0.25) is 5.91 Å². The van der Waals surface area contributed by atoms with E-state index in [9.17, 15) is 9.59 Å². The lowest BCUT2D eigenvalue weighted by atomic mass is 10.1. The molecule has 1 heterocycles. The zero-order chi connectivity index (χ0) is 22.9. The monoisotopic (exact) mass is 435 g/mol. The highest BCUT2D eigenvalue weighted by atomic mass is 16.5. The van der Waals surface area contributed by atoms with E-state index in [0.29, 0.717) is 35.0 Å². The number of para-hydroxylation sites is 1. The molecule has 2 aromatic carbocycles. The van der Waals surface area contributed by atoms with Gasteiger partial charge in [-0.3, -0.25) is 14.3 Å². The van der Waals surface area contributed by atoms with E-state index in [4.69, 9.17) is 9.47 Å². The first-order chi connectivity index (χ1) is 15.5. The number of benzene rings is 2. The van der Waals surface area contributed by atoms with Gasteiger partial charge in [-0.15, -0.1) is 5.10 Å². The van der Waals surface area contributed by atoms with Gasteiger partial charge in [-0.2, -0.15) is 0 Å². The van der Waals surface area contributed by atoms with Crippen LogP contribution < -0.4 is 20.1 Å². The normalized spacial score (nSPS) is 10.7. The van der Waals surface area contributed by atoms with Crippen molar-refractivity contribution in [2.45, 2.75) is 20.0 Å². The van der Waals surface area contributed by atoms with Gasteiger partial charge in [0, 0.05) is 12.6 Å². The number of rotatable bonds is 9. The van der Waals surface area contributed by atoms with Crippen molar-refractivity contribution in [2.75, 3.05) is 19.5 Å². The second-order valence-electron chi connectivity index (χ2n) is 6.73. The molecule has 0 bridgehead atoms. The maximum atomic E-state index is 12.6. The van der Waals surface area contributed by atoms with Crippen molar-refractivity contribution >= 4 is 23.6 Å². The first-order valence-electron chi connectivity index (χ1n) is 10.0. The molecule has 0 radical (unpaired) electrons. The van der Waals surface area contributed by atoms with Crippen LogP contribution in [-0.2, 0) is 17.9 Å². The molecule has 166 valence electrons. The summed E-state index contributed by atoms with van der Waals surface area (Å²) in [5.41, 5.74) is 2.18. The van der Waals surface area contributed by atoms with Gasteiger partial charge in [0.1, 0.15) is 5.69 Å². The van der Waals surface area contributed by atoms with E-state index in [1.165, 1.54) is 6.08 Å². The van der Waals surface area contributed by atoms with Crippen LogP contribution in [0.25, 0.3) is 6.08 Å². The van der Waals surface area contributed by atoms with E-state index in [0.717, 1.165) is 5.56 Å². The molecule has 0 spiro atoms. The van der Waals surface area contributed by atoms with E-state index in [-0.39, 0.29) is 18.4 Å². The molecule has 0 aliphatic rings. The van der Waals surface area contributed by atoms with E-state index in [2.05, 4.69) is 20.9 Å². The minimum Gasteiger partial charge on any atom is -0.493 e. The van der Waals surface area contributed by atoms with Crippen molar-refractivity contribution in [3.8, 4) is 11.5 Å². The lowest BCUT2D eigenvalue weighted by Crippen LogP contribution is -2.24. The number of methoxy groups -OCH3 is 2. The van der Waals surface area contributed by atoms with Crippen molar-refractivity contribution < 1.29 is 19.1 Å². The molecule has 2 amide bonds. The summed E-state index contributed by atoms with van der Waals surface area (Å²) in [6.07, 6.45) is 4.81. The Morgan fingerprint density at radius 1 is 1.09 bits per heavy atom. The largest absolute Gasteiger partial charge is 0.493 e. The Morgan fingerprint density at radius 2 is 1.88 bits per heavy atom. The van der Waals surface area contributed by atoms with E-state index in [1.54, 1.807) is 73.6 Å². The van der Waals surface area contributed by atoms with Crippen molar-refractivity contribution in [1.82, 2.24) is 20.3 Å². The van der Waals surface area contributed by atoms with Crippen LogP contribution in [0.4, 0.5) is 5.69 Å². The fraction of sp³-hybridized carbons (Fsp3) is 0.217. The van der Waals surface area contributed by atoms with Crippen LogP contribution in [-0.4, -0.2) is 41.0 Å². The van der Waals surface area contributed by atoms with Crippen molar-refractivity contribution in [3.05, 3.63) is 71.6 Å². The molecule has 9 nitrogen and oxygen atoms in total. The number of nitrogens with zero attached hydrogens (tertiary/aromatic N) is 3. The third kappa shape index (κ3) is 5.72. The summed E-state index contributed by atoms with van der Waals surface area (Å²) in [5, 5.41) is 13.5. The number of nitrogens with one attached hydrogen (secondary N) is 2. The molecule has 0 saturated carbocycles. The topological polar surface area (TPSA) is 107 Å². The lowest BCUT2D eigenvalue weighted by Gasteiger charge is -2.10. The van der Waals surface area contributed by atoms with Gasteiger partial charge in [0.15, 0.2) is 11.5 Å². The number of hydrogen-bond donors (Lipinski definition) is 2. The maximum absolute atomic E-state index is 12.6. The maximum Gasteiger partial charge on any atom is 0.253 e. The Labute approximate surface area is 186 Å². The molecule has 0 saturated heterocycles. The summed E-state index contributed by atoms with van der Waals surface area (Å²) >= 11 is 0. The van der Waals surface area contributed by atoms with Gasteiger partial charge in [0.05, 0.1) is 38.2 Å². The number of anilines is 1. The van der Waals surface area contributed by atoms with Gasteiger partial charge in [-0.05, 0) is 42.8 Å². The minimum atomic E-state index is -0.370. The van der Waals surface area contributed by atoms with Crippen molar-refractivity contribution in [2.24, 2.45) is 0 Å². The van der Waals surface area contributed by atoms with Crippen LogP contribution in [0.15, 0.2) is 54.7 Å². The van der Waals surface area contributed by atoms with E-state index < -0.39 is 0 Å². The minimum absolute atomic E-state index is 0.236. The second-order valence-corrected chi connectivity index (χ2v) is 6.73. The number of hydrogen-bond acceptors (Lipinski definition) is 6. The average Bonchev–Trinajstić information content (AvgIpc) is 3.29. The number of carbonyl (C=O) groups is 2. The summed E-state index contributed by atoms with van der Waals surface area (Å²) in [6.45, 7) is 2.89.